The Morgan fingerprint density at radius 3 is 2.24 bits per heavy atom. The Morgan fingerprint density at radius 1 is 1.10 bits per heavy atom. The Labute approximate surface area is 129 Å². The molecule has 1 saturated heterocycles. The zero-order valence-corrected chi connectivity index (χ0v) is 14.1. The minimum Gasteiger partial charge on any atom is -0.325 e. The van der Waals surface area contributed by atoms with E-state index in [0.717, 1.165) is 19.4 Å². The lowest BCUT2D eigenvalue weighted by atomic mass is 9.75. The summed E-state index contributed by atoms with van der Waals surface area (Å²) in [6.45, 7) is 7.85. The maximum Gasteiger partial charge on any atom is 0.244 e. The van der Waals surface area contributed by atoms with Crippen molar-refractivity contribution >= 4 is 5.91 Å². The maximum absolute atomic E-state index is 13.1. The lowest BCUT2D eigenvalue weighted by Crippen LogP contribution is -2.46. The quantitative estimate of drug-likeness (QED) is 0.860. The second-order valence-corrected chi connectivity index (χ2v) is 8.43. The highest BCUT2D eigenvalue weighted by Crippen LogP contribution is 2.42. The topological polar surface area (TPSA) is 32.3 Å². The minimum absolute atomic E-state index is 0.208. The molecule has 1 heterocycles. The second-order valence-electron chi connectivity index (χ2n) is 8.43. The van der Waals surface area contributed by atoms with Gasteiger partial charge in [0.25, 0.3) is 0 Å². The summed E-state index contributed by atoms with van der Waals surface area (Å²) in [4.78, 5) is 15.3. The first-order chi connectivity index (χ1) is 9.96. The highest BCUT2D eigenvalue weighted by Gasteiger charge is 2.53. The maximum atomic E-state index is 13.1. The van der Waals surface area contributed by atoms with Crippen LogP contribution in [0.1, 0.15) is 78.6 Å². The molecule has 1 aliphatic heterocycles. The Hall–Kier alpha value is -0.570. The van der Waals surface area contributed by atoms with E-state index in [1.807, 2.05) is 0 Å². The van der Waals surface area contributed by atoms with E-state index in [9.17, 15) is 4.79 Å². The van der Waals surface area contributed by atoms with Crippen molar-refractivity contribution in [1.82, 2.24) is 10.2 Å². The molecule has 21 heavy (non-hydrogen) atoms. The number of rotatable bonds is 3. The SMILES string of the molecule is CC(C)C1NC2(CCCC2)C(=O)N1CC1(C)CCCCC1. The summed E-state index contributed by atoms with van der Waals surface area (Å²) in [6.07, 6.45) is 11.4. The number of carbonyl (C=O) groups excluding carboxylic acids is 1. The van der Waals surface area contributed by atoms with Crippen molar-refractivity contribution in [3.05, 3.63) is 0 Å². The molecule has 0 aromatic rings. The summed E-state index contributed by atoms with van der Waals surface area (Å²) >= 11 is 0. The van der Waals surface area contributed by atoms with Crippen molar-refractivity contribution in [2.45, 2.75) is 90.3 Å². The molecular formula is C18H32N2O. The van der Waals surface area contributed by atoms with Crippen LogP contribution in [0.5, 0.6) is 0 Å². The molecule has 3 aliphatic rings. The fourth-order valence-corrected chi connectivity index (χ4v) is 4.83. The van der Waals surface area contributed by atoms with Gasteiger partial charge in [-0.25, -0.2) is 0 Å². The summed E-state index contributed by atoms with van der Waals surface area (Å²) in [5.41, 5.74) is 0.132. The van der Waals surface area contributed by atoms with E-state index < -0.39 is 0 Å². The van der Waals surface area contributed by atoms with Gasteiger partial charge in [-0.1, -0.05) is 52.9 Å². The van der Waals surface area contributed by atoms with E-state index >= 15 is 0 Å². The van der Waals surface area contributed by atoms with Crippen molar-refractivity contribution in [1.29, 1.82) is 0 Å². The Bertz CT molecular complexity index is 392. The first-order valence-corrected chi connectivity index (χ1v) is 9.05. The highest BCUT2D eigenvalue weighted by molar-refractivity contribution is 5.89. The molecule has 1 N–H and O–H groups in total. The van der Waals surface area contributed by atoms with Crippen molar-refractivity contribution in [2.24, 2.45) is 11.3 Å². The number of nitrogens with zero attached hydrogens (tertiary/aromatic N) is 1. The standard InChI is InChI=1S/C18H32N2O/c1-14(2)15-19-18(11-7-8-12-18)16(21)20(15)13-17(3)9-5-4-6-10-17/h14-15,19H,4-13H2,1-3H3. The van der Waals surface area contributed by atoms with Crippen LogP contribution < -0.4 is 5.32 Å². The first-order valence-electron chi connectivity index (χ1n) is 9.05. The van der Waals surface area contributed by atoms with Crippen LogP contribution in [-0.4, -0.2) is 29.1 Å². The summed E-state index contributed by atoms with van der Waals surface area (Å²) in [7, 11) is 0. The summed E-state index contributed by atoms with van der Waals surface area (Å²) in [5, 5.41) is 3.75. The van der Waals surface area contributed by atoms with Crippen molar-refractivity contribution < 1.29 is 4.79 Å². The Balaban J connectivity index is 1.79. The van der Waals surface area contributed by atoms with Gasteiger partial charge in [-0.15, -0.1) is 0 Å². The minimum atomic E-state index is -0.208. The van der Waals surface area contributed by atoms with Gasteiger partial charge in [-0.05, 0) is 37.0 Å². The molecule has 1 unspecified atom stereocenters. The smallest absolute Gasteiger partial charge is 0.244 e. The fraction of sp³-hybridized carbons (Fsp3) is 0.944. The molecule has 3 rings (SSSR count). The van der Waals surface area contributed by atoms with Crippen molar-refractivity contribution in [3.63, 3.8) is 0 Å². The van der Waals surface area contributed by atoms with E-state index in [4.69, 9.17) is 0 Å². The van der Waals surface area contributed by atoms with Gasteiger partial charge in [0.15, 0.2) is 0 Å². The van der Waals surface area contributed by atoms with Gasteiger partial charge < -0.3 is 4.90 Å². The van der Waals surface area contributed by atoms with Crippen LogP contribution in [0.25, 0.3) is 0 Å². The van der Waals surface area contributed by atoms with Gasteiger partial charge in [0.1, 0.15) is 0 Å². The summed E-state index contributed by atoms with van der Waals surface area (Å²) in [5.74, 6) is 0.895. The zero-order valence-electron chi connectivity index (χ0n) is 14.1. The summed E-state index contributed by atoms with van der Waals surface area (Å²) in [6, 6.07) is 0. The third-order valence-corrected chi connectivity index (χ3v) is 6.13. The van der Waals surface area contributed by atoms with Gasteiger partial charge in [0.2, 0.25) is 5.91 Å². The van der Waals surface area contributed by atoms with Crippen molar-refractivity contribution in [2.75, 3.05) is 6.54 Å². The molecular weight excluding hydrogens is 260 g/mol. The molecule has 3 nitrogen and oxygen atoms in total. The Kier molecular flexibility index (Phi) is 4.06. The van der Waals surface area contributed by atoms with Gasteiger partial charge in [-0.3, -0.25) is 10.1 Å². The number of amides is 1. The molecule has 2 aliphatic carbocycles. The predicted molar refractivity (Wildman–Crippen MR) is 85.9 cm³/mol. The van der Waals surface area contributed by atoms with Crippen LogP contribution >= 0.6 is 0 Å². The average molecular weight is 292 g/mol. The molecule has 0 aromatic heterocycles. The van der Waals surface area contributed by atoms with E-state index in [2.05, 4.69) is 31.0 Å². The molecule has 1 amide bonds. The number of carbonyl (C=O) groups is 1. The van der Waals surface area contributed by atoms with E-state index in [1.165, 1.54) is 44.9 Å². The number of nitrogens with one attached hydrogen (secondary N) is 1. The molecule has 120 valence electrons. The number of hydrogen-bond acceptors (Lipinski definition) is 2. The molecule has 3 fully saturated rings. The van der Waals surface area contributed by atoms with E-state index in [1.54, 1.807) is 0 Å². The predicted octanol–water partition coefficient (Wildman–Crippen LogP) is 3.68. The fourth-order valence-electron chi connectivity index (χ4n) is 4.83. The van der Waals surface area contributed by atoms with Crippen LogP contribution in [0.4, 0.5) is 0 Å². The molecule has 1 spiro atoms. The van der Waals surface area contributed by atoms with Crippen LogP contribution in [0, 0.1) is 11.3 Å². The largest absolute Gasteiger partial charge is 0.325 e. The van der Waals surface area contributed by atoms with Gasteiger partial charge in [-0.2, -0.15) is 0 Å². The van der Waals surface area contributed by atoms with Crippen LogP contribution in [0.2, 0.25) is 0 Å². The molecule has 0 radical (unpaired) electrons. The molecule has 0 bridgehead atoms. The van der Waals surface area contributed by atoms with Crippen molar-refractivity contribution in [3.8, 4) is 0 Å². The molecule has 3 heteroatoms. The molecule has 1 atom stereocenters. The van der Waals surface area contributed by atoms with Gasteiger partial charge in [0, 0.05) is 6.54 Å². The van der Waals surface area contributed by atoms with Crippen LogP contribution in [-0.2, 0) is 4.79 Å². The third kappa shape index (κ3) is 2.74. The normalized spacial score (nSPS) is 31.5. The lowest BCUT2D eigenvalue weighted by Gasteiger charge is -2.39. The zero-order chi connectivity index (χ0) is 15.1. The van der Waals surface area contributed by atoms with Gasteiger partial charge >= 0.3 is 0 Å². The first kappa shape index (κ1) is 15.3. The molecule has 0 aromatic carbocycles. The van der Waals surface area contributed by atoms with Gasteiger partial charge in [0.05, 0.1) is 11.7 Å². The molecule has 2 saturated carbocycles. The van der Waals surface area contributed by atoms with Crippen LogP contribution in [0.15, 0.2) is 0 Å². The third-order valence-electron chi connectivity index (χ3n) is 6.13. The lowest BCUT2D eigenvalue weighted by molar-refractivity contribution is -0.135. The Morgan fingerprint density at radius 2 is 1.67 bits per heavy atom. The number of hydrogen-bond donors (Lipinski definition) is 1. The van der Waals surface area contributed by atoms with E-state index in [-0.39, 0.29) is 11.7 Å². The average Bonchev–Trinajstić information content (AvgIpc) is 3.01. The summed E-state index contributed by atoms with van der Waals surface area (Å²) < 4.78 is 0. The van der Waals surface area contributed by atoms with Crippen LogP contribution in [0.3, 0.4) is 0 Å². The van der Waals surface area contributed by atoms with E-state index in [0.29, 0.717) is 17.2 Å². The monoisotopic (exact) mass is 292 g/mol. The highest BCUT2D eigenvalue weighted by atomic mass is 16.2. The second kappa shape index (κ2) is 5.57.